The molecule has 0 aliphatic rings. The fourth-order valence-corrected chi connectivity index (χ4v) is 1.45. The number of hydrogen-bond donors (Lipinski definition) is 2. The van der Waals surface area contributed by atoms with Gasteiger partial charge in [0.2, 0.25) is 5.91 Å². The molecule has 1 aromatic rings. The average Bonchev–Trinajstić information content (AvgIpc) is 2.24. The zero-order chi connectivity index (χ0) is 13.0. The molecule has 0 aromatic heterocycles. The van der Waals surface area contributed by atoms with E-state index < -0.39 is 12.0 Å². The minimum absolute atomic E-state index is 0.235. The third-order valence-electron chi connectivity index (χ3n) is 2.43. The number of rotatable bonds is 4. The van der Waals surface area contributed by atoms with E-state index in [2.05, 4.69) is 5.32 Å². The molecule has 1 rings (SSSR count). The van der Waals surface area contributed by atoms with Crippen molar-refractivity contribution >= 4 is 11.9 Å². The van der Waals surface area contributed by atoms with Gasteiger partial charge >= 0.3 is 5.97 Å². The van der Waals surface area contributed by atoms with E-state index in [4.69, 9.17) is 5.11 Å². The number of carboxylic acids is 1. The number of aryl methyl sites for hydroxylation is 1. The summed E-state index contributed by atoms with van der Waals surface area (Å²) in [6.45, 7) is 5.33. The first-order valence-corrected chi connectivity index (χ1v) is 5.51. The molecule has 2 N–H and O–H groups in total. The van der Waals surface area contributed by atoms with Gasteiger partial charge in [-0.1, -0.05) is 43.7 Å². The van der Waals surface area contributed by atoms with Crippen LogP contribution >= 0.6 is 0 Å². The average molecular weight is 235 g/mol. The van der Waals surface area contributed by atoms with Crippen LogP contribution in [0.15, 0.2) is 24.3 Å². The Morgan fingerprint density at radius 3 is 2.41 bits per heavy atom. The predicted molar refractivity (Wildman–Crippen MR) is 64.5 cm³/mol. The molecule has 0 aliphatic carbocycles. The molecule has 0 fully saturated rings. The Morgan fingerprint density at radius 1 is 1.29 bits per heavy atom. The molecular formula is C13H17NO3. The normalized spacial score (nSPS) is 12.2. The summed E-state index contributed by atoms with van der Waals surface area (Å²) in [6, 6.07) is 6.14. The minimum Gasteiger partial charge on any atom is -0.479 e. The lowest BCUT2D eigenvalue weighted by atomic mass is 10.0. The van der Waals surface area contributed by atoms with E-state index in [1.54, 1.807) is 32.0 Å². The highest BCUT2D eigenvalue weighted by atomic mass is 16.4. The molecule has 17 heavy (non-hydrogen) atoms. The molecule has 0 saturated heterocycles. The first-order valence-electron chi connectivity index (χ1n) is 5.51. The van der Waals surface area contributed by atoms with Gasteiger partial charge in [-0.2, -0.15) is 0 Å². The van der Waals surface area contributed by atoms with Crippen molar-refractivity contribution in [3.05, 3.63) is 35.4 Å². The molecule has 1 aromatic carbocycles. The zero-order valence-electron chi connectivity index (χ0n) is 10.2. The van der Waals surface area contributed by atoms with Gasteiger partial charge in [0, 0.05) is 5.92 Å². The molecule has 0 saturated carbocycles. The number of hydrogen-bond acceptors (Lipinski definition) is 2. The summed E-state index contributed by atoms with van der Waals surface area (Å²) in [5.41, 5.74) is 1.55. The van der Waals surface area contributed by atoms with Gasteiger partial charge in [0.25, 0.3) is 0 Å². The summed E-state index contributed by atoms with van der Waals surface area (Å²) in [6.07, 6.45) is 0. The topological polar surface area (TPSA) is 66.4 Å². The van der Waals surface area contributed by atoms with Crippen LogP contribution in [0.4, 0.5) is 0 Å². The lowest BCUT2D eigenvalue weighted by Gasteiger charge is -2.16. The Hall–Kier alpha value is -1.84. The van der Waals surface area contributed by atoms with Gasteiger partial charge in [-0.05, 0) is 12.5 Å². The number of carbonyl (C=O) groups excluding carboxylic acids is 1. The van der Waals surface area contributed by atoms with E-state index >= 15 is 0 Å². The van der Waals surface area contributed by atoms with Crippen LogP contribution in [0.2, 0.25) is 0 Å². The molecule has 4 nitrogen and oxygen atoms in total. The highest BCUT2D eigenvalue weighted by Crippen LogP contribution is 2.15. The Kier molecular flexibility index (Phi) is 4.26. The quantitative estimate of drug-likeness (QED) is 0.837. The van der Waals surface area contributed by atoms with Gasteiger partial charge in [0.15, 0.2) is 6.04 Å². The number of carbonyl (C=O) groups is 2. The molecule has 1 amide bonds. The largest absolute Gasteiger partial charge is 0.479 e. The van der Waals surface area contributed by atoms with Crippen molar-refractivity contribution in [3.8, 4) is 0 Å². The van der Waals surface area contributed by atoms with Crippen LogP contribution in [-0.2, 0) is 9.59 Å². The fourth-order valence-electron chi connectivity index (χ4n) is 1.45. The monoisotopic (exact) mass is 235 g/mol. The van der Waals surface area contributed by atoms with Crippen molar-refractivity contribution in [1.82, 2.24) is 5.32 Å². The van der Waals surface area contributed by atoms with Gasteiger partial charge in [-0.25, -0.2) is 4.79 Å². The maximum Gasteiger partial charge on any atom is 0.330 e. The summed E-state index contributed by atoms with van der Waals surface area (Å²) in [5.74, 6) is -1.55. The SMILES string of the molecule is Cc1cccc(C(NC(=O)C(C)C)C(=O)O)c1. The van der Waals surface area contributed by atoms with E-state index in [1.165, 1.54) is 0 Å². The summed E-state index contributed by atoms with van der Waals surface area (Å²) in [5, 5.41) is 11.7. The van der Waals surface area contributed by atoms with Crippen LogP contribution in [0.25, 0.3) is 0 Å². The molecule has 0 bridgehead atoms. The summed E-state index contributed by atoms with van der Waals surface area (Å²) in [7, 11) is 0. The van der Waals surface area contributed by atoms with E-state index in [0.717, 1.165) is 5.56 Å². The van der Waals surface area contributed by atoms with Gasteiger partial charge < -0.3 is 10.4 Å². The van der Waals surface area contributed by atoms with E-state index in [1.807, 2.05) is 13.0 Å². The van der Waals surface area contributed by atoms with Gasteiger partial charge in [-0.3, -0.25) is 4.79 Å². The Balaban J connectivity index is 2.94. The molecule has 0 heterocycles. The second-order valence-electron chi connectivity index (χ2n) is 4.35. The van der Waals surface area contributed by atoms with Gasteiger partial charge in [0.05, 0.1) is 0 Å². The molecule has 0 radical (unpaired) electrons. The fraction of sp³-hybridized carbons (Fsp3) is 0.385. The van der Waals surface area contributed by atoms with Crippen molar-refractivity contribution < 1.29 is 14.7 Å². The zero-order valence-corrected chi connectivity index (χ0v) is 10.2. The van der Waals surface area contributed by atoms with Crippen LogP contribution in [-0.4, -0.2) is 17.0 Å². The standard InChI is InChI=1S/C13H17NO3/c1-8(2)12(15)14-11(13(16)17)10-6-4-5-9(3)7-10/h4-8,11H,1-3H3,(H,14,15)(H,16,17). The van der Waals surface area contributed by atoms with Crippen LogP contribution in [0.5, 0.6) is 0 Å². The summed E-state index contributed by atoms with van der Waals surface area (Å²) >= 11 is 0. The number of benzene rings is 1. The lowest BCUT2D eigenvalue weighted by molar-refractivity contribution is -0.142. The summed E-state index contributed by atoms with van der Waals surface area (Å²) in [4.78, 5) is 22.7. The lowest BCUT2D eigenvalue weighted by Crippen LogP contribution is -2.36. The molecule has 1 atom stereocenters. The number of aliphatic carboxylic acids is 1. The van der Waals surface area contributed by atoms with Crippen molar-refractivity contribution in [3.63, 3.8) is 0 Å². The third-order valence-corrected chi connectivity index (χ3v) is 2.43. The van der Waals surface area contributed by atoms with Gasteiger partial charge in [-0.15, -0.1) is 0 Å². The van der Waals surface area contributed by atoms with Crippen LogP contribution in [0.3, 0.4) is 0 Å². The highest BCUT2D eigenvalue weighted by molar-refractivity contribution is 5.85. The van der Waals surface area contributed by atoms with Crippen LogP contribution < -0.4 is 5.32 Å². The van der Waals surface area contributed by atoms with E-state index in [0.29, 0.717) is 5.56 Å². The maximum atomic E-state index is 11.5. The third kappa shape index (κ3) is 3.59. The van der Waals surface area contributed by atoms with E-state index in [9.17, 15) is 9.59 Å². The molecular weight excluding hydrogens is 218 g/mol. The number of amides is 1. The van der Waals surface area contributed by atoms with Crippen molar-refractivity contribution in [2.75, 3.05) is 0 Å². The second kappa shape index (κ2) is 5.48. The first kappa shape index (κ1) is 13.2. The van der Waals surface area contributed by atoms with Crippen LogP contribution in [0.1, 0.15) is 31.0 Å². The second-order valence-corrected chi connectivity index (χ2v) is 4.35. The molecule has 92 valence electrons. The van der Waals surface area contributed by atoms with Gasteiger partial charge in [0.1, 0.15) is 0 Å². The Labute approximate surface area is 101 Å². The Morgan fingerprint density at radius 2 is 1.94 bits per heavy atom. The van der Waals surface area contributed by atoms with Crippen molar-refractivity contribution in [1.29, 1.82) is 0 Å². The number of nitrogens with one attached hydrogen (secondary N) is 1. The first-order chi connectivity index (χ1) is 7.91. The smallest absolute Gasteiger partial charge is 0.330 e. The van der Waals surface area contributed by atoms with Crippen molar-refractivity contribution in [2.24, 2.45) is 5.92 Å². The summed E-state index contributed by atoms with van der Waals surface area (Å²) < 4.78 is 0. The highest BCUT2D eigenvalue weighted by Gasteiger charge is 2.23. The maximum absolute atomic E-state index is 11.5. The van der Waals surface area contributed by atoms with E-state index in [-0.39, 0.29) is 11.8 Å². The predicted octanol–water partition coefficient (Wildman–Crippen LogP) is 1.89. The molecule has 0 aliphatic heterocycles. The Bertz CT molecular complexity index is 426. The number of carboxylic acid groups (broad SMARTS) is 1. The molecule has 0 spiro atoms. The molecule has 1 unspecified atom stereocenters. The molecule has 4 heteroatoms. The van der Waals surface area contributed by atoms with Crippen LogP contribution in [0, 0.1) is 12.8 Å². The minimum atomic E-state index is -1.05. The van der Waals surface area contributed by atoms with Crippen molar-refractivity contribution in [2.45, 2.75) is 26.8 Å².